The van der Waals surface area contributed by atoms with E-state index in [0.717, 1.165) is 12.8 Å². The average molecular weight is 265 g/mol. The van der Waals surface area contributed by atoms with Crippen molar-refractivity contribution < 1.29 is 19.4 Å². The smallest absolute Gasteiger partial charge is 0.312 e. The fourth-order valence-corrected chi connectivity index (χ4v) is 2.17. The third-order valence-electron chi connectivity index (χ3n) is 3.27. The number of ether oxygens (including phenoxy) is 2. The fraction of sp³-hybridized carbons (Fsp3) is 0.500. The van der Waals surface area contributed by atoms with Crippen molar-refractivity contribution in [3.63, 3.8) is 0 Å². The number of rotatable bonds is 5. The topological polar surface area (TPSA) is 81.8 Å². The highest BCUT2D eigenvalue weighted by atomic mass is 16.5. The second-order valence-corrected chi connectivity index (χ2v) is 4.63. The molecule has 1 aromatic carbocycles. The Morgan fingerprint density at radius 3 is 2.84 bits per heavy atom. The van der Waals surface area contributed by atoms with Crippen molar-refractivity contribution in [3.05, 3.63) is 29.8 Å². The van der Waals surface area contributed by atoms with Crippen LogP contribution in [-0.2, 0) is 9.53 Å². The minimum absolute atomic E-state index is 0.0794. The Hall–Kier alpha value is -1.59. The third kappa shape index (κ3) is 3.68. The summed E-state index contributed by atoms with van der Waals surface area (Å²) < 4.78 is 11.1. The van der Waals surface area contributed by atoms with Gasteiger partial charge in [0, 0.05) is 19.4 Å². The number of hydrogen-bond acceptors (Lipinski definition) is 4. The quantitative estimate of drug-likeness (QED) is 0.840. The summed E-state index contributed by atoms with van der Waals surface area (Å²) in [6, 6.07) is 7.17. The molecule has 0 amide bonds. The molecule has 2 rings (SSSR count). The molecule has 0 radical (unpaired) electrons. The SMILES string of the molecule is NCC(C(=O)O)c1cccc(OC2CCOCC2)c1. The Morgan fingerprint density at radius 2 is 2.21 bits per heavy atom. The second-order valence-electron chi connectivity index (χ2n) is 4.63. The number of nitrogens with two attached hydrogens (primary N) is 1. The van der Waals surface area contributed by atoms with Gasteiger partial charge in [0.05, 0.1) is 19.1 Å². The molecule has 0 bridgehead atoms. The van der Waals surface area contributed by atoms with Crippen LogP contribution in [0.1, 0.15) is 24.3 Å². The van der Waals surface area contributed by atoms with Crippen LogP contribution in [0.25, 0.3) is 0 Å². The highest BCUT2D eigenvalue weighted by Gasteiger charge is 2.19. The Kier molecular flexibility index (Phi) is 4.76. The zero-order chi connectivity index (χ0) is 13.7. The molecular formula is C14H19NO4. The van der Waals surface area contributed by atoms with Crippen LogP contribution in [0.15, 0.2) is 24.3 Å². The van der Waals surface area contributed by atoms with E-state index in [1.165, 1.54) is 0 Å². The lowest BCUT2D eigenvalue weighted by molar-refractivity contribution is -0.138. The molecule has 0 aromatic heterocycles. The van der Waals surface area contributed by atoms with Crippen LogP contribution in [-0.4, -0.2) is 36.9 Å². The predicted molar refractivity (Wildman–Crippen MR) is 70.3 cm³/mol. The van der Waals surface area contributed by atoms with Gasteiger partial charge in [-0.05, 0) is 17.7 Å². The van der Waals surface area contributed by atoms with Crippen LogP contribution in [0, 0.1) is 0 Å². The number of hydrogen-bond donors (Lipinski definition) is 2. The molecule has 5 nitrogen and oxygen atoms in total. The number of carboxylic acid groups (broad SMARTS) is 1. The van der Waals surface area contributed by atoms with Gasteiger partial charge < -0.3 is 20.3 Å². The van der Waals surface area contributed by atoms with E-state index in [-0.39, 0.29) is 12.6 Å². The van der Waals surface area contributed by atoms with Crippen molar-refractivity contribution >= 4 is 5.97 Å². The molecule has 0 saturated carbocycles. The van der Waals surface area contributed by atoms with E-state index in [4.69, 9.17) is 20.3 Å². The van der Waals surface area contributed by atoms with Crippen molar-refractivity contribution in [1.82, 2.24) is 0 Å². The first kappa shape index (κ1) is 13.8. The lowest BCUT2D eigenvalue weighted by Crippen LogP contribution is -2.26. The van der Waals surface area contributed by atoms with E-state index in [2.05, 4.69) is 0 Å². The van der Waals surface area contributed by atoms with Crippen molar-refractivity contribution in [2.24, 2.45) is 5.73 Å². The summed E-state index contributed by atoms with van der Waals surface area (Å²) in [7, 11) is 0. The lowest BCUT2D eigenvalue weighted by Gasteiger charge is -2.23. The van der Waals surface area contributed by atoms with Crippen LogP contribution in [0.5, 0.6) is 5.75 Å². The van der Waals surface area contributed by atoms with Crippen molar-refractivity contribution in [1.29, 1.82) is 0 Å². The summed E-state index contributed by atoms with van der Waals surface area (Å²) in [6.45, 7) is 1.51. The largest absolute Gasteiger partial charge is 0.490 e. The number of aliphatic carboxylic acids is 1. The van der Waals surface area contributed by atoms with E-state index in [9.17, 15) is 4.79 Å². The van der Waals surface area contributed by atoms with Gasteiger partial charge in [-0.25, -0.2) is 0 Å². The summed E-state index contributed by atoms with van der Waals surface area (Å²) >= 11 is 0. The van der Waals surface area contributed by atoms with Crippen molar-refractivity contribution in [2.75, 3.05) is 19.8 Å². The maximum absolute atomic E-state index is 11.1. The first-order valence-electron chi connectivity index (χ1n) is 6.48. The zero-order valence-corrected chi connectivity index (χ0v) is 10.7. The first-order valence-corrected chi connectivity index (χ1v) is 6.48. The van der Waals surface area contributed by atoms with E-state index < -0.39 is 11.9 Å². The van der Waals surface area contributed by atoms with E-state index in [1.54, 1.807) is 18.2 Å². The standard InChI is InChI=1S/C14H19NO4/c15-9-13(14(16)17)10-2-1-3-12(8-10)19-11-4-6-18-7-5-11/h1-3,8,11,13H,4-7,9,15H2,(H,16,17). The van der Waals surface area contributed by atoms with Gasteiger partial charge >= 0.3 is 5.97 Å². The average Bonchev–Trinajstić information content (AvgIpc) is 2.41. The molecule has 19 heavy (non-hydrogen) atoms. The minimum Gasteiger partial charge on any atom is -0.490 e. The number of carbonyl (C=O) groups is 1. The van der Waals surface area contributed by atoms with Gasteiger partial charge in [0.25, 0.3) is 0 Å². The van der Waals surface area contributed by atoms with Gasteiger partial charge in [0.15, 0.2) is 0 Å². The maximum Gasteiger partial charge on any atom is 0.312 e. The lowest BCUT2D eigenvalue weighted by atomic mass is 9.99. The van der Waals surface area contributed by atoms with Gasteiger partial charge in [-0.1, -0.05) is 12.1 Å². The summed E-state index contributed by atoms with van der Waals surface area (Å²) in [6.07, 6.45) is 1.87. The van der Waals surface area contributed by atoms with Crippen molar-refractivity contribution in [2.45, 2.75) is 24.9 Å². The third-order valence-corrected chi connectivity index (χ3v) is 3.27. The van der Waals surface area contributed by atoms with Crippen molar-refractivity contribution in [3.8, 4) is 5.75 Å². The molecule has 1 aliphatic rings. The highest BCUT2D eigenvalue weighted by Crippen LogP contribution is 2.23. The van der Waals surface area contributed by atoms with Gasteiger partial charge in [0.1, 0.15) is 11.9 Å². The first-order chi connectivity index (χ1) is 9.20. The monoisotopic (exact) mass is 265 g/mol. The van der Waals surface area contributed by atoms with Crippen LogP contribution in [0.2, 0.25) is 0 Å². The molecule has 1 aliphatic heterocycles. The van der Waals surface area contributed by atoms with E-state index in [1.807, 2.05) is 6.07 Å². The molecule has 1 aromatic rings. The molecule has 1 heterocycles. The molecule has 0 aliphatic carbocycles. The minimum atomic E-state index is -0.911. The van der Waals surface area contributed by atoms with Gasteiger partial charge in [0.2, 0.25) is 0 Å². The highest BCUT2D eigenvalue weighted by molar-refractivity contribution is 5.76. The Bertz CT molecular complexity index is 429. The molecule has 1 atom stereocenters. The molecular weight excluding hydrogens is 246 g/mol. The number of carboxylic acids is 1. The van der Waals surface area contributed by atoms with Crippen LogP contribution >= 0.6 is 0 Å². The molecule has 3 N–H and O–H groups in total. The summed E-state index contributed by atoms with van der Waals surface area (Å²) in [5.41, 5.74) is 6.18. The number of benzene rings is 1. The molecule has 5 heteroatoms. The van der Waals surface area contributed by atoms with E-state index in [0.29, 0.717) is 24.5 Å². The second kappa shape index (κ2) is 6.54. The van der Waals surface area contributed by atoms with E-state index >= 15 is 0 Å². The van der Waals surface area contributed by atoms with Crippen LogP contribution in [0.3, 0.4) is 0 Å². The molecule has 1 fully saturated rings. The Morgan fingerprint density at radius 1 is 1.47 bits per heavy atom. The van der Waals surface area contributed by atoms with Crippen LogP contribution in [0.4, 0.5) is 0 Å². The van der Waals surface area contributed by atoms with Gasteiger partial charge in [-0.15, -0.1) is 0 Å². The molecule has 104 valence electrons. The molecule has 1 unspecified atom stereocenters. The van der Waals surface area contributed by atoms with Gasteiger partial charge in [-0.3, -0.25) is 4.79 Å². The Balaban J connectivity index is 2.07. The molecule has 0 spiro atoms. The summed E-state index contributed by atoms with van der Waals surface area (Å²) in [4.78, 5) is 11.1. The normalized spacial score (nSPS) is 17.9. The predicted octanol–water partition coefficient (Wildman–Crippen LogP) is 1.37. The molecule has 1 saturated heterocycles. The summed E-state index contributed by atoms with van der Waals surface area (Å²) in [5.74, 6) is -0.895. The zero-order valence-electron chi connectivity index (χ0n) is 10.7. The maximum atomic E-state index is 11.1. The summed E-state index contributed by atoms with van der Waals surface area (Å²) in [5, 5.41) is 9.10. The van der Waals surface area contributed by atoms with Crippen LogP contribution < -0.4 is 10.5 Å². The Labute approximate surface area is 112 Å². The fourth-order valence-electron chi connectivity index (χ4n) is 2.17. The van der Waals surface area contributed by atoms with Gasteiger partial charge in [-0.2, -0.15) is 0 Å².